The van der Waals surface area contributed by atoms with Crippen molar-refractivity contribution in [3.8, 4) is 11.8 Å². The summed E-state index contributed by atoms with van der Waals surface area (Å²) < 4.78 is 0. The average Bonchev–Trinajstić information content (AvgIpc) is 2.84. The quantitative estimate of drug-likeness (QED) is 0.621. The Morgan fingerprint density at radius 1 is 1.42 bits per heavy atom. The monoisotopic (exact) mass is 279 g/mol. The van der Waals surface area contributed by atoms with Gasteiger partial charge in [0.2, 0.25) is 0 Å². The first-order chi connectivity index (χ1) is 9.13. The first kappa shape index (κ1) is 15.7. The second kappa shape index (κ2) is 8.73. The minimum Gasteiger partial charge on any atom is -0.384 e. The predicted octanol–water partition coefficient (Wildman–Crippen LogP) is 2.65. The molecular weight excluding hydrogens is 258 g/mol. The van der Waals surface area contributed by atoms with Crippen molar-refractivity contribution in [3.05, 3.63) is 21.9 Å². The Morgan fingerprint density at radius 3 is 2.89 bits per heavy atom. The van der Waals surface area contributed by atoms with E-state index in [0.29, 0.717) is 4.88 Å². The number of amides is 1. The Bertz CT molecular complexity index is 454. The molecule has 0 aromatic carbocycles. The number of carbonyl (C=O) groups is 1. The lowest BCUT2D eigenvalue weighted by atomic mass is 10.1. The molecule has 1 rings (SSSR count). The highest BCUT2D eigenvalue weighted by Crippen LogP contribution is 2.15. The number of hydrogen-bond donors (Lipinski definition) is 2. The van der Waals surface area contributed by atoms with Crippen molar-refractivity contribution in [2.45, 2.75) is 33.1 Å². The van der Waals surface area contributed by atoms with Gasteiger partial charge >= 0.3 is 0 Å². The molecule has 0 aliphatic heterocycles. The van der Waals surface area contributed by atoms with E-state index in [0.717, 1.165) is 30.2 Å². The highest BCUT2D eigenvalue weighted by molar-refractivity contribution is 7.14. The maximum Gasteiger partial charge on any atom is 0.261 e. The van der Waals surface area contributed by atoms with Gasteiger partial charge in [0.25, 0.3) is 5.91 Å². The van der Waals surface area contributed by atoms with Crippen molar-refractivity contribution in [1.29, 1.82) is 0 Å². The fourth-order valence-corrected chi connectivity index (χ4v) is 2.42. The van der Waals surface area contributed by atoms with Crippen molar-refractivity contribution in [1.82, 2.24) is 5.32 Å². The van der Waals surface area contributed by atoms with Crippen LogP contribution in [0.5, 0.6) is 0 Å². The largest absolute Gasteiger partial charge is 0.384 e. The van der Waals surface area contributed by atoms with Gasteiger partial charge in [0.1, 0.15) is 6.61 Å². The second-order valence-corrected chi connectivity index (χ2v) is 5.85. The molecule has 0 saturated carbocycles. The highest BCUT2D eigenvalue weighted by Gasteiger charge is 2.07. The van der Waals surface area contributed by atoms with Crippen LogP contribution in [0.1, 0.15) is 47.7 Å². The molecule has 2 N–H and O–H groups in total. The lowest BCUT2D eigenvalue weighted by Crippen LogP contribution is -2.23. The van der Waals surface area contributed by atoms with Gasteiger partial charge in [-0.05, 0) is 24.5 Å². The molecular formula is C15H21NO2S. The van der Waals surface area contributed by atoms with Gasteiger partial charge in [-0.15, -0.1) is 11.3 Å². The number of carbonyl (C=O) groups excluding carboxylic acids is 1. The Labute approximate surface area is 119 Å². The van der Waals surface area contributed by atoms with Crippen molar-refractivity contribution in [2.75, 3.05) is 13.2 Å². The SMILES string of the molecule is CC(C)CCCCNC(=O)c1ccc(C#CCO)s1. The molecule has 0 unspecified atom stereocenters. The Morgan fingerprint density at radius 2 is 2.21 bits per heavy atom. The van der Waals surface area contributed by atoms with Crippen LogP contribution in [0.15, 0.2) is 12.1 Å². The molecule has 0 radical (unpaired) electrons. The van der Waals surface area contributed by atoms with Crippen LogP contribution < -0.4 is 5.32 Å². The number of unbranched alkanes of at least 4 members (excludes halogenated alkanes) is 1. The van der Waals surface area contributed by atoms with Gasteiger partial charge < -0.3 is 10.4 Å². The molecule has 4 heteroatoms. The van der Waals surface area contributed by atoms with E-state index in [4.69, 9.17) is 5.11 Å². The number of nitrogens with one attached hydrogen (secondary N) is 1. The topological polar surface area (TPSA) is 49.3 Å². The first-order valence-corrected chi connectivity index (χ1v) is 7.43. The zero-order valence-electron chi connectivity index (χ0n) is 11.5. The standard InChI is InChI=1S/C15H21NO2S/c1-12(2)6-3-4-10-16-15(18)14-9-8-13(19-14)7-5-11-17/h8-9,12,17H,3-4,6,10-11H2,1-2H3,(H,16,18). The molecule has 1 amide bonds. The molecule has 0 spiro atoms. The third-order valence-electron chi connectivity index (χ3n) is 2.61. The van der Waals surface area contributed by atoms with Gasteiger partial charge in [-0.3, -0.25) is 4.79 Å². The molecule has 0 aliphatic rings. The minimum atomic E-state index is -0.157. The highest BCUT2D eigenvalue weighted by atomic mass is 32.1. The van der Waals surface area contributed by atoms with Crippen LogP contribution >= 0.6 is 11.3 Å². The molecule has 1 aromatic heterocycles. The summed E-state index contributed by atoms with van der Waals surface area (Å²) in [4.78, 5) is 13.3. The summed E-state index contributed by atoms with van der Waals surface area (Å²) in [5.41, 5.74) is 0. The van der Waals surface area contributed by atoms with Gasteiger partial charge in [-0.2, -0.15) is 0 Å². The van der Waals surface area contributed by atoms with E-state index in [9.17, 15) is 4.79 Å². The van der Waals surface area contributed by atoms with Crippen LogP contribution in [-0.4, -0.2) is 24.2 Å². The summed E-state index contributed by atoms with van der Waals surface area (Å²) in [6, 6.07) is 3.58. The molecule has 1 heterocycles. The Balaban J connectivity index is 2.31. The van der Waals surface area contributed by atoms with Gasteiger partial charge in [0.15, 0.2) is 0 Å². The third kappa shape index (κ3) is 6.42. The molecule has 0 bridgehead atoms. The van der Waals surface area contributed by atoms with E-state index in [1.807, 2.05) is 0 Å². The van der Waals surface area contributed by atoms with Crippen LogP contribution in [0.25, 0.3) is 0 Å². The van der Waals surface area contributed by atoms with Crippen LogP contribution in [0, 0.1) is 17.8 Å². The molecule has 104 valence electrons. The maximum atomic E-state index is 11.8. The lowest BCUT2D eigenvalue weighted by molar-refractivity contribution is 0.0957. The lowest BCUT2D eigenvalue weighted by Gasteiger charge is -2.05. The molecule has 1 aromatic rings. The smallest absolute Gasteiger partial charge is 0.261 e. The summed E-state index contributed by atoms with van der Waals surface area (Å²) in [6.07, 6.45) is 3.37. The Hall–Kier alpha value is -1.31. The van der Waals surface area contributed by atoms with E-state index in [-0.39, 0.29) is 12.5 Å². The van der Waals surface area contributed by atoms with E-state index < -0.39 is 0 Å². The number of rotatable bonds is 6. The number of hydrogen-bond acceptors (Lipinski definition) is 3. The number of aliphatic hydroxyl groups excluding tert-OH is 1. The van der Waals surface area contributed by atoms with Gasteiger partial charge in [0, 0.05) is 6.54 Å². The summed E-state index contributed by atoms with van der Waals surface area (Å²) in [6.45, 7) is 4.98. The van der Waals surface area contributed by atoms with E-state index in [1.54, 1.807) is 12.1 Å². The normalized spacial score (nSPS) is 10.1. The van der Waals surface area contributed by atoms with E-state index in [1.165, 1.54) is 17.8 Å². The van der Waals surface area contributed by atoms with Crippen LogP contribution in [0.2, 0.25) is 0 Å². The predicted molar refractivity (Wildman–Crippen MR) is 79.3 cm³/mol. The minimum absolute atomic E-state index is 0.0356. The van der Waals surface area contributed by atoms with Crippen LogP contribution in [-0.2, 0) is 0 Å². The number of aliphatic hydroxyl groups is 1. The van der Waals surface area contributed by atoms with Crippen molar-refractivity contribution < 1.29 is 9.90 Å². The van der Waals surface area contributed by atoms with Crippen LogP contribution in [0.3, 0.4) is 0 Å². The van der Waals surface area contributed by atoms with Gasteiger partial charge in [-0.1, -0.05) is 38.5 Å². The van der Waals surface area contributed by atoms with E-state index >= 15 is 0 Å². The third-order valence-corrected chi connectivity index (χ3v) is 3.61. The van der Waals surface area contributed by atoms with Crippen molar-refractivity contribution >= 4 is 17.2 Å². The molecule has 3 nitrogen and oxygen atoms in total. The molecule has 0 saturated heterocycles. The molecule has 0 fully saturated rings. The molecule has 0 aliphatic carbocycles. The van der Waals surface area contributed by atoms with Gasteiger partial charge in [0.05, 0.1) is 9.75 Å². The maximum absolute atomic E-state index is 11.8. The van der Waals surface area contributed by atoms with Crippen LogP contribution in [0.4, 0.5) is 0 Å². The zero-order valence-corrected chi connectivity index (χ0v) is 12.3. The summed E-state index contributed by atoms with van der Waals surface area (Å²) in [7, 11) is 0. The summed E-state index contributed by atoms with van der Waals surface area (Å²) in [5, 5.41) is 11.5. The molecule has 19 heavy (non-hydrogen) atoms. The Kier molecular flexibility index (Phi) is 7.24. The second-order valence-electron chi connectivity index (χ2n) is 4.77. The molecule has 0 atom stereocenters. The first-order valence-electron chi connectivity index (χ1n) is 6.61. The fraction of sp³-hybridized carbons (Fsp3) is 0.533. The average molecular weight is 279 g/mol. The summed E-state index contributed by atoms with van der Waals surface area (Å²) >= 11 is 1.35. The fourth-order valence-electron chi connectivity index (χ4n) is 1.62. The van der Waals surface area contributed by atoms with E-state index in [2.05, 4.69) is 31.0 Å². The van der Waals surface area contributed by atoms with Gasteiger partial charge in [-0.25, -0.2) is 0 Å². The summed E-state index contributed by atoms with van der Waals surface area (Å²) in [5.74, 6) is 6.06. The zero-order chi connectivity index (χ0) is 14.1. The van der Waals surface area contributed by atoms with Crippen molar-refractivity contribution in [2.24, 2.45) is 5.92 Å². The number of thiophene rings is 1. The van der Waals surface area contributed by atoms with Crippen molar-refractivity contribution in [3.63, 3.8) is 0 Å².